The summed E-state index contributed by atoms with van der Waals surface area (Å²) in [6, 6.07) is 3.71. The number of ether oxygens (including phenoxy) is 1. The largest absolute Gasteiger partial charge is 0.463 e. The standard InChI is InChI=1S/C23H23F2N5O4S/c1-4-9-34-18-11-27-19(13(2)28-18)20(31)29-14-5-6-16(25)15(10-14)22(3)17-7-8-23(12-24,21(26)30-22)35(17,32)33/h1,5-6,10-11,17H,7-9,12H2,2-3H3,(H2,26,30)(H,29,31)/t17-,22+,23-/m0/s1. The molecule has 0 radical (unpaired) electrons. The number of halogens is 2. The predicted molar refractivity (Wildman–Crippen MR) is 125 cm³/mol. The lowest BCUT2D eigenvalue weighted by molar-refractivity contribution is 0.102. The summed E-state index contributed by atoms with van der Waals surface area (Å²) in [7, 11) is -4.09. The van der Waals surface area contributed by atoms with E-state index < -0.39 is 43.8 Å². The summed E-state index contributed by atoms with van der Waals surface area (Å²) in [6.07, 6.45) is 6.44. The van der Waals surface area contributed by atoms with Crippen LogP contribution >= 0.6 is 0 Å². The zero-order valence-electron chi connectivity index (χ0n) is 19.0. The number of aromatic nitrogens is 2. The monoisotopic (exact) mass is 503 g/mol. The van der Waals surface area contributed by atoms with Gasteiger partial charge in [0.2, 0.25) is 5.88 Å². The highest BCUT2D eigenvalue weighted by molar-refractivity contribution is 7.94. The molecule has 1 aromatic heterocycles. The van der Waals surface area contributed by atoms with E-state index in [0.29, 0.717) is 0 Å². The van der Waals surface area contributed by atoms with Crippen molar-refractivity contribution in [2.24, 2.45) is 10.7 Å². The van der Waals surface area contributed by atoms with Crippen LogP contribution in [0.25, 0.3) is 0 Å². The highest BCUT2D eigenvalue weighted by Gasteiger charge is 2.65. The van der Waals surface area contributed by atoms with Crippen LogP contribution in [0.3, 0.4) is 0 Å². The number of anilines is 1. The number of nitrogens with one attached hydrogen (secondary N) is 1. The van der Waals surface area contributed by atoms with E-state index in [-0.39, 0.29) is 53.8 Å². The molecular weight excluding hydrogens is 480 g/mol. The first kappa shape index (κ1) is 24.5. The number of benzene rings is 1. The van der Waals surface area contributed by atoms with Crippen molar-refractivity contribution in [1.29, 1.82) is 0 Å². The average Bonchev–Trinajstić information content (AvgIpc) is 3.02. The Balaban J connectivity index is 1.67. The Kier molecular flexibility index (Phi) is 6.00. The minimum Gasteiger partial charge on any atom is -0.463 e. The van der Waals surface area contributed by atoms with Crippen molar-refractivity contribution >= 4 is 27.3 Å². The molecule has 0 spiro atoms. The molecule has 184 valence electrons. The van der Waals surface area contributed by atoms with Gasteiger partial charge >= 0.3 is 0 Å². The summed E-state index contributed by atoms with van der Waals surface area (Å²) < 4.78 is 58.5. The Morgan fingerprint density at radius 1 is 1.43 bits per heavy atom. The van der Waals surface area contributed by atoms with Crippen molar-refractivity contribution in [2.75, 3.05) is 18.6 Å². The summed E-state index contributed by atoms with van der Waals surface area (Å²) in [5.41, 5.74) is 4.72. The third-order valence-electron chi connectivity index (χ3n) is 6.60. The van der Waals surface area contributed by atoms with Crippen molar-refractivity contribution in [1.82, 2.24) is 9.97 Å². The van der Waals surface area contributed by atoms with E-state index >= 15 is 4.39 Å². The lowest BCUT2D eigenvalue weighted by Crippen LogP contribution is -2.58. The second-order valence-corrected chi connectivity index (χ2v) is 11.1. The number of rotatable bonds is 6. The maximum Gasteiger partial charge on any atom is 0.276 e. The van der Waals surface area contributed by atoms with Crippen molar-refractivity contribution in [3.8, 4) is 18.2 Å². The molecule has 2 bridgehead atoms. The van der Waals surface area contributed by atoms with Crippen LogP contribution in [-0.4, -0.2) is 53.4 Å². The number of nitrogens with two attached hydrogens (primary N) is 1. The topological polar surface area (TPSA) is 137 Å². The lowest BCUT2D eigenvalue weighted by atomic mass is 9.86. The number of amidine groups is 1. The van der Waals surface area contributed by atoms with Crippen molar-refractivity contribution < 1.29 is 26.7 Å². The minimum absolute atomic E-state index is 0.00109. The van der Waals surface area contributed by atoms with Crippen molar-refractivity contribution in [2.45, 2.75) is 42.2 Å². The number of hydrogen-bond acceptors (Lipinski definition) is 8. The van der Waals surface area contributed by atoms with Gasteiger partial charge in [0, 0.05) is 11.3 Å². The van der Waals surface area contributed by atoms with Gasteiger partial charge in [-0.1, -0.05) is 5.92 Å². The smallest absolute Gasteiger partial charge is 0.276 e. The molecule has 0 unspecified atom stereocenters. The maximum atomic E-state index is 15.0. The van der Waals surface area contributed by atoms with Gasteiger partial charge in [0.1, 0.15) is 29.6 Å². The zero-order chi connectivity index (χ0) is 25.6. The van der Waals surface area contributed by atoms with Gasteiger partial charge in [-0.15, -0.1) is 6.42 Å². The third-order valence-corrected chi connectivity index (χ3v) is 9.66. The molecule has 3 atom stereocenters. The Hall–Kier alpha value is -3.59. The van der Waals surface area contributed by atoms with Crippen LogP contribution in [0.4, 0.5) is 14.5 Å². The van der Waals surface area contributed by atoms with Crippen LogP contribution in [0.1, 0.15) is 41.5 Å². The number of sulfone groups is 1. The molecule has 1 amide bonds. The van der Waals surface area contributed by atoms with Crippen LogP contribution in [0.2, 0.25) is 0 Å². The van der Waals surface area contributed by atoms with Gasteiger partial charge in [0.15, 0.2) is 21.2 Å². The Labute approximate surface area is 201 Å². The Morgan fingerprint density at radius 3 is 2.83 bits per heavy atom. The molecule has 12 heteroatoms. The highest BCUT2D eigenvalue weighted by Crippen LogP contribution is 2.52. The molecule has 35 heavy (non-hydrogen) atoms. The highest BCUT2D eigenvalue weighted by atomic mass is 32.2. The Morgan fingerprint density at radius 2 is 2.17 bits per heavy atom. The van der Waals surface area contributed by atoms with E-state index in [4.69, 9.17) is 16.9 Å². The first-order valence-corrected chi connectivity index (χ1v) is 12.2. The number of hydrogen-bond donors (Lipinski definition) is 2. The van der Waals surface area contributed by atoms with E-state index in [9.17, 15) is 17.6 Å². The first-order valence-electron chi connectivity index (χ1n) is 10.7. The number of carbonyl (C=O) groups is 1. The minimum atomic E-state index is -4.09. The number of carbonyl (C=O) groups excluding carboxylic acids is 1. The summed E-state index contributed by atoms with van der Waals surface area (Å²) >= 11 is 0. The van der Waals surface area contributed by atoms with Gasteiger partial charge < -0.3 is 15.8 Å². The second-order valence-electron chi connectivity index (χ2n) is 8.63. The summed E-state index contributed by atoms with van der Waals surface area (Å²) in [6.45, 7) is 1.81. The average molecular weight is 504 g/mol. The van der Waals surface area contributed by atoms with E-state index in [1.165, 1.54) is 25.3 Å². The summed E-state index contributed by atoms with van der Waals surface area (Å²) in [5.74, 6) is 0.719. The van der Waals surface area contributed by atoms with Crippen LogP contribution in [0.5, 0.6) is 5.88 Å². The lowest BCUT2D eigenvalue weighted by Gasteiger charge is -2.39. The number of fused-ring (bicyclic) bond motifs is 2. The fourth-order valence-corrected chi connectivity index (χ4v) is 7.36. The molecule has 2 aliphatic heterocycles. The van der Waals surface area contributed by atoms with E-state index in [0.717, 1.165) is 6.07 Å². The van der Waals surface area contributed by atoms with Gasteiger partial charge in [-0.2, -0.15) is 0 Å². The van der Waals surface area contributed by atoms with E-state index in [1.54, 1.807) is 6.92 Å². The molecule has 4 rings (SSSR count). The van der Waals surface area contributed by atoms with Crippen LogP contribution in [-0.2, 0) is 15.4 Å². The van der Waals surface area contributed by atoms with Gasteiger partial charge in [-0.25, -0.2) is 27.2 Å². The SMILES string of the molecule is C#CCOc1cnc(C(=O)Nc2ccc(F)c([C@@]3(C)N=C(N)[C@@]4(CF)CC[C@@H]3S4(=O)=O)c2)c(C)n1. The van der Waals surface area contributed by atoms with Gasteiger partial charge in [0.05, 0.1) is 17.1 Å². The molecule has 0 saturated carbocycles. The summed E-state index contributed by atoms with van der Waals surface area (Å²) in [4.78, 5) is 25.3. The number of aryl methyl sites for hydroxylation is 1. The summed E-state index contributed by atoms with van der Waals surface area (Å²) in [5, 5.41) is 1.44. The van der Waals surface area contributed by atoms with E-state index in [1.807, 2.05) is 0 Å². The number of nitrogens with zero attached hydrogens (tertiary/aromatic N) is 3. The van der Waals surface area contributed by atoms with Crippen LogP contribution < -0.4 is 15.8 Å². The van der Waals surface area contributed by atoms with Crippen LogP contribution in [0.15, 0.2) is 29.4 Å². The molecule has 1 fully saturated rings. The molecule has 0 aliphatic carbocycles. The molecule has 3 N–H and O–H groups in total. The zero-order valence-corrected chi connectivity index (χ0v) is 19.8. The molecule has 1 aromatic carbocycles. The fourth-order valence-electron chi connectivity index (χ4n) is 4.71. The first-order chi connectivity index (χ1) is 16.5. The molecule has 2 aromatic rings. The van der Waals surface area contributed by atoms with Crippen molar-refractivity contribution in [3.05, 3.63) is 47.2 Å². The normalized spacial score (nSPS) is 26.5. The fraction of sp³-hybridized carbons (Fsp3) is 0.391. The quantitative estimate of drug-likeness (QED) is 0.576. The number of terminal acetylenes is 1. The molecule has 3 heterocycles. The third kappa shape index (κ3) is 3.70. The van der Waals surface area contributed by atoms with Crippen molar-refractivity contribution in [3.63, 3.8) is 0 Å². The predicted octanol–water partition coefficient (Wildman–Crippen LogP) is 2.06. The molecule has 9 nitrogen and oxygen atoms in total. The van der Waals surface area contributed by atoms with Crippen LogP contribution in [0, 0.1) is 25.1 Å². The molecule has 2 aliphatic rings. The number of amides is 1. The second kappa shape index (κ2) is 8.57. The van der Waals surface area contributed by atoms with Gasteiger partial charge in [-0.05, 0) is 44.9 Å². The van der Waals surface area contributed by atoms with Gasteiger partial charge in [-0.3, -0.25) is 9.79 Å². The molecule has 1 saturated heterocycles. The van der Waals surface area contributed by atoms with E-state index in [2.05, 4.69) is 26.2 Å². The molecular formula is C23H23F2N5O4S. The number of alkyl halides is 1. The Bertz CT molecular complexity index is 1390. The van der Waals surface area contributed by atoms with Gasteiger partial charge in [0.25, 0.3) is 5.91 Å². The maximum absolute atomic E-state index is 15.0. The number of aliphatic imine (C=N–C) groups is 1.